The number of azo groups is 1. The third kappa shape index (κ3) is 19.4. The quantitative estimate of drug-likeness (QED) is 0.0286. The van der Waals surface area contributed by atoms with Gasteiger partial charge >= 0.3 is 5.97 Å². The van der Waals surface area contributed by atoms with Crippen LogP contribution in [0.25, 0.3) is 0 Å². The molecule has 3 aromatic rings. The van der Waals surface area contributed by atoms with Gasteiger partial charge in [0.2, 0.25) is 0 Å². The van der Waals surface area contributed by atoms with E-state index in [0.29, 0.717) is 22.9 Å². The maximum Gasteiger partial charge on any atom is 0.343 e. The normalized spacial score (nSPS) is 10.5. The van der Waals surface area contributed by atoms with Crippen LogP contribution >= 0.6 is 0 Å². The van der Waals surface area contributed by atoms with Crippen LogP contribution in [0.5, 0.6) is 17.2 Å². The Morgan fingerprint density at radius 2 is 1.02 bits per heavy atom. The summed E-state index contributed by atoms with van der Waals surface area (Å²) in [4.78, 5) is 13.0. The summed E-state index contributed by atoms with van der Waals surface area (Å²) in [6, 6.07) is 16.4. The predicted molar refractivity (Wildman–Crippen MR) is 216 cm³/mol. The molecule has 0 saturated carbocycles. The SMILES string of the molecule is CCCCCCCCC#CC#CCOc1cc(OCC#CC#CCCCCCCCC)cc(C(=O)Oc2ccc(N=Nc3ccc(S(=O)(=O)O)cc3)cc2)c1. The van der Waals surface area contributed by atoms with E-state index >= 15 is 0 Å². The Hall–Kier alpha value is -5.52. The molecule has 0 atom stereocenters. The number of nitrogens with zero attached hydrogens (tertiary/aromatic N) is 2. The number of hydrogen-bond donors (Lipinski definition) is 1. The van der Waals surface area contributed by atoms with E-state index in [2.05, 4.69) is 71.4 Å². The van der Waals surface area contributed by atoms with E-state index in [1.165, 1.54) is 88.5 Å². The molecule has 55 heavy (non-hydrogen) atoms. The van der Waals surface area contributed by atoms with E-state index in [1.54, 1.807) is 42.5 Å². The molecule has 0 aliphatic carbocycles. The lowest BCUT2D eigenvalue weighted by Gasteiger charge is -2.10. The van der Waals surface area contributed by atoms with Crippen LogP contribution in [0.1, 0.15) is 114 Å². The number of unbranched alkanes of at least 4 members (excludes halogenated alkanes) is 12. The number of ether oxygens (including phenoxy) is 3. The zero-order valence-corrected chi connectivity index (χ0v) is 32.7. The van der Waals surface area contributed by atoms with Crippen LogP contribution in [-0.4, -0.2) is 32.2 Å². The third-order valence-corrected chi connectivity index (χ3v) is 8.86. The number of carbonyl (C=O) groups excluding carboxylic acids is 1. The fourth-order valence-corrected chi connectivity index (χ4v) is 5.48. The number of esters is 1. The van der Waals surface area contributed by atoms with Gasteiger partial charge in [-0.3, -0.25) is 4.55 Å². The molecule has 1 N–H and O–H groups in total. The third-order valence-electron chi connectivity index (χ3n) is 7.99. The van der Waals surface area contributed by atoms with Crippen molar-refractivity contribution >= 4 is 27.5 Å². The Kier molecular flexibility index (Phi) is 21.0. The van der Waals surface area contributed by atoms with Gasteiger partial charge in [0.05, 0.1) is 21.8 Å². The Morgan fingerprint density at radius 3 is 1.49 bits per heavy atom. The van der Waals surface area contributed by atoms with Crippen molar-refractivity contribution in [3.05, 3.63) is 72.3 Å². The summed E-state index contributed by atoms with van der Waals surface area (Å²) in [6.07, 6.45) is 16.3. The van der Waals surface area contributed by atoms with Gasteiger partial charge in [0.15, 0.2) is 0 Å². The van der Waals surface area contributed by atoms with Crippen molar-refractivity contribution in [1.82, 2.24) is 0 Å². The van der Waals surface area contributed by atoms with E-state index in [9.17, 15) is 13.2 Å². The Balaban J connectivity index is 1.61. The topological polar surface area (TPSA) is 124 Å². The molecule has 0 aliphatic heterocycles. The minimum atomic E-state index is -4.30. The molecule has 0 fully saturated rings. The van der Waals surface area contributed by atoms with E-state index in [0.717, 1.165) is 25.7 Å². The van der Waals surface area contributed by atoms with E-state index in [-0.39, 0.29) is 29.4 Å². The summed E-state index contributed by atoms with van der Waals surface area (Å²) >= 11 is 0. The first kappa shape index (κ1) is 43.9. The van der Waals surface area contributed by atoms with Crippen LogP contribution < -0.4 is 14.2 Å². The molecule has 0 unspecified atom stereocenters. The lowest BCUT2D eigenvalue weighted by molar-refractivity contribution is 0.0733. The molecule has 288 valence electrons. The fraction of sp³-hybridized carbons (Fsp3) is 0.400. The van der Waals surface area contributed by atoms with Crippen molar-refractivity contribution in [2.24, 2.45) is 10.2 Å². The lowest BCUT2D eigenvalue weighted by Crippen LogP contribution is -2.09. The lowest BCUT2D eigenvalue weighted by atomic mass is 10.1. The molecular weight excluding hydrogens is 713 g/mol. The van der Waals surface area contributed by atoms with Crippen molar-refractivity contribution < 1.29 is 32.0 Å². The molecule has 0 amide bonds. The highest BCUT2D eigenvalue weighted by Gasteiger charge is 2.13. The summed E-state index contributed by atoms with van der Waals surface area (Å²) in [7, 11) is -4.30. The monoisotopic (exact) mass is 762 g/mol. The smallest absolute Gasteiger partial charge is 0.343 e. The van der Waals surface area contributed by atoms with E-state index < -0.39 is 16.1 Å². The van der Waals surface area contributed by atoms with Crippen LogP contribution in [0, 0.1) is 47.4 Å². The maximum absolute atomic E-state index is 13.2. The summed E-state index contributed by atoms with van der Waals surface area (Å²) in [5.74, 6) is 23.7. The highest BCUT2D eigenvalue weighted by Crippen LogP contribution is 2.26. The van der Waals surface area contributed by atoms with Crippen LogP contribution in [-0.2, 0) is 10.1 Å². The molecule has 0 heterocycles. The van der Waals surface area contributed by atoms with Gasteiger partial charge in [0.1, 0.15) is 30.5 Å². The molecule has 0 radical (unpaired) electrons. The molecule has 0 aromatic heterocycles. The largest absolute Gasteiger partial charge is 0.481 e. The molecule has 9 nitrogen and oxygen atoms in total. The number of benzene rings is 3. The average molecular weight is 763 g/mol. The molecule has 0 aliphatic rings. The number of hydrogen-bond acceptors (Lipinski definition) is 8. The summed E-state index contributed by atoms with van der Waals surface area (Å²) in [6.45, 7) is 4.56. The molecule has 3 aromatic carbocycles. The summed E-state index contributed by atoms with van der Waals surface area (Å²) in [5, 5.41) is 8.18. The van der Waals surface area contributed by atoms with Gasteiger partial charge in [0, 0.05) is 18.9 Å². The Labute approximate surface area is 327 Å². The van der Waals surface area contributed by atoms with Gasteiger partial charge in [0.25, 0.3) is 10.1 Å². The van der Waals surface area contributed by atoms with Gasteiger partial charge in [-0.25, -0.2) is 4.79 Å². The van der Waals surface area contributed by atoms with Gasteiger partial charge in [-0.2, -0.15) is 18.6 Å². The highest BCUT2D eigenvalue weighted by molar-refractivity contribution is 7.85. The molecule has 10 heteroatoms. The Bertz CT molecular complexity index is 1950. The average Bonchev–Trinajstić information content (AvgIpc) is 3.18. The molecule has 0 saturated heterocycles. The maximum atomic E-state index is 13.2. The highest BCUT2D eigenvalue weighted by atomic mass is 32.2. The van der Waals surface area contributed by atoms with E-state index in [1.807, 2.05) is 0 Å². The molecular formula is C45H50N2O7S. The molecule has 0 bridgehead atoms. The second-order valence-electron chi connectivity index (χ2n) is 12.6. The minimum absolute atomic E-state index is 0.0678. The predicted octanol–water partition coefficient (Wildman–Crippen LogP) is 10.8. The van der Waals surface area contributed by atoms with Gasteiger partial charge < -0.3 is 14.2 Å². The van der Waals surface area contributed by atoms with Crippen molar-refractivity contribution in [3.8, 4) is 64.6 Å². The zero-order chi connectivity index (χ0) is 39.4. The van der Waals surface area contributed by atoms with Crippen molar-refractivity contribution in [2.45, 2.75) is 109 Å². The van der Waals surface area contributed by atoms with Gasteiger partial charge in [-0.15, -0.1) is 0 Å². The number of rotatable bonds is 21. The molecule has 0 spiro atoms. The van der Waals surface area contributed by atoms with Crippen molar-refractivity contribution in [1.29, 1.82) is 0 Å². The standard InChI is InChI=1S/C45H50N2O7S/c1-3-5-7-9-11-13-15-17-19-21-23-33-52-42-35-38(36-43(37-42)53-34-24-22-20-18-16-14-12-10-8-6-4-2)45(48)54-41-29-25-39(26-30-41)46-47-40-27-31-44(32-28-40)55(49,50)51/h25-32,35-37H,3-16,33-34H2,1-2H3,(H,49,50,51). The minimum Gasteiger partial charge on any atom is -0.481 e. The van der Waals surface area contributed by atoms with Gasteiger partial charge in [-0.1, -0.05) is 89.9 Å². The second kappa shape index (κ2) is 26.3. The second-order valence-corrected chi connectivity index (χ2v) is 14.0. The van der Waals surface area contributed by atoms with Crippen LogP contribution in [0.3, 0.4) is 0 Å². The van der Waals surface area contributed by atoms with Crippen LogP contribution in [0.15, 0.2) is 81.9 Å². The van der Waals surface area contributed by atoms with Gasteiger partial charge in [-0.05, 0) is 109 Å². The van der Waals surface area contributed by atoms with E-state index in [4.69, 9.17) is 18.8 Å². The fourth-order valence-electron chi connectivity index (χ4n) is 5.00. The van der Waals surface area contributed by atoms with Crippen LogP contribution in [0.2, 0.25) is 0 Å². The first-order valence-corrected chi connectivity index (χ1v) is 20.4. The first-order chi connectivity index (χ1) is 26.8. The zero-order valence-electron chi connectivity index (χ0n) is 31.9. The summed E-state index contributed by atoms with van der Waals surface area (Å²) in [5.41, 5.74) is 1.04. The summed E-state index contributed by atoms with van der Waals surface area (Å²) < 4.78 is 48.9. The Morgan fingerprint density at radius 1 is 0.582 bits per heavy atom. The molecule has 3 rings (SSSR count). The van der Waals surface area contributed by atoms with Crippen molar-refractivity contribution in [2.75, 3.05) is 13.2 Å². The number of carbonyl (C=O) groups is 1. The van der Waals surface area contributed by atoms with Crippen LogP contribution in [0.4, 0.5) is 11.4 Å². The first-order valence-electron chi connectivity index (χ1n) is 18.9. The van der Waals surface area contributed by atoms with Crippen molar-refractivity contribution in [3.63, 3.8) is 0 Å².